The average Bonchev–Trinajstić information content (AvgIpc) is 4.25. The van der Waals surface area contributed by atoms with Crippen molar-refractivity contribution in [2.75, 3.05) is 77.9 Å². The molecule has 4 aromatic rings. The lowest BCUT2D eigenvalue weighted by molar-refractivity contribution is -0.143. The summed E-state index contributed by atoms with van der Waals surface area (Å²) < 4.78 is 33.8. The molecule has 80 heavy (non-hydrogen) atoms. The van der Waals surface area contributed by atoms with E-state index in [9.17, 15) is 33.2 Å². The number of anilines is 2. The first-order valence-electron chi connectivity index (χ1n) is 28.1. The Kier molecular flexibility index (Phi) is 21.3. The summed E-state index contributed by atoms with van der Waals surface area (Å²) in [5.41, 5.74) is 10.6. The number of likely N-dealkylation sites (N-methyl/N-ethyl adjacent to an activating group) is 1. The number of fused-ring (bicyclic) bond motifs is 8. The summed E-state index contributed by atoms with van der Waals surface area (Å²) in [7, 11) is 4.91. The smallest absolute Gasteiger partial charge is 0.254 e. The first kappa shape index (κ1) is 60.8. The molecule has 2 bridgehead atoms. The zero-order valence-electron chi connectivity index (χ0n) is 47.8. The number of hydrogen-bond donors (Lipinski definition) is 5. The fraction of sp³-hybridized carbons (Fsp3) is 0.559. The number of rotatable bonds is 26. The van der Waals surface area contributed by atoms with Crippen LogP contribution < -0.4 is 36.6 Å². The molecule has 5 heterocycles. The maximum Gasteiger partial charge on any atom is 0.254 e. The van der Waals surface area contributed by atoms with E-state index in [1.807, 2.05) is 57.2 Å². The number of nitrogens with zero attached hydrogens (tertiary/aromatic N) is 6. The van der Waals surface area contributed by atoms with Gasteiger partial charge in [0.25, 0.3) is 5.91 Å². The molecule has 0 radical (unpaired) electrons. The Balaban J connectivity index is 0.866. The molecule has 4 amide bonds. The molecule has 20 nitrogen and oxygen atoms in total. The van der Waals surface area contributed by atoms with Gasteiger partial charge in [-0.3, -0.25) is 28.8 Å². The number of benzene rings is 2. The van der Waals surface area contributed by atoms with E-state index in [0.29, 0.717) is 77.8 Å². The molecule has 2 saturated heterocycles. The predicted molar refractivity (Wildman–Crippen MR) is 302 cm³/mol. The van der Waals surface area contributed by atoms with Crippen molar-refractivity contribution < 1.29 is 47.4 Å². The number of likely N-dealkylation sites (tertiary alicyclic amines) is 1. The normalized spacial score (nSPS) is 18.3. The zero-order valence-corrected chi connectivity index (χ0v) is 47.8. The molecule has 0 spiro atoms. The number of halogens is 1. The van der Waals surface area contributed by atoms with Gasteiger partial charge in [-0.05, 0) is 86.9 Å². The van der Waals surface area contributed by atoms with E-state index in [4.69, 9.17) is 25.0 Å². The molecule has 21 heteroatoms. The van der Waals surface area contributed by atoms with Gasteiger partial charge in [0.15, 0.2) is 5.78 Å². The van der Waals surface area contributed by atoms with Gasteiger partial charge in [0, 0.05) is 88.3 Å². The molecule has 0 unspecified atom stereocenters. The van der Waals surface area contributed by atoms with Crippen molar-refractivity contribution >= 4 is 46.7 Å². The second-order valence-corrected chi connectivity index (χ2v) is 22.2. The van der Waals surface area contributed by atoms with Crippen molar-refractivity contribution in [2.24, 2.45) is 5.41 Å². The molecule has 434 valence electrons. The lowest BCUT2D eigenvalue weighted by atomic mass is 9.85. The van der Waals surface area contributed by atoms with Gasteiger partial charge in [-0.25, -0.2) is 14.1 Å². The molecule has 0 saturated carbocycles. The summed E-state index contributed by atoms with van der Waals surface area (Å²) in [5, 5.41) is 17.2. The molecule has 3 aliphatic rings. The Labute approximate surface area is 469 Å². The molecule has 2 aromatic heterocycles. The lowest BCUT2D eigenvalue weighted by Gasteiger charge is -2.36. The third kappa shape index (κ3) is 15.1. The predicted octanol–water partition coefficient (Wildman–Crippen LogP) is 5.69. The number of amides is 4. The van der Waals surface area contributed by atoms with Crippen LogP contribution in [0.3, 0.4) is 0 Å². The Morgan fingerprint density at radius 1 is 0.963 bits per heavy atom. The number of methoxy groups -OCH3 is 1. The first-order valence-corrected chi connectivity index (χ1v) is 28.1. The monoisotopic (exact) mass is 1110 g/mol. The van der Waals surface area contributed by atoms with Crippen molar-refractivity contribution in [1.29, 1.82) is 0 Å². The maximum absolute atomic E-state index is 14.8. The molecule has 6 N–H and O–H groups in total. The standard InChI is InChI=1S/C59H82FN11O9/c1-9-45(38-15-11-10-12-16-38)63-24-21-50(73)48-33-41(35-70(48)57(77)53(59(3,4)5)66-55(75)37(2)62-6)65-51(74)23-28-80-30-29-79-27-22-42(72)17-13-26-71-58(78-8)52-39-31-49(54(61)64-34-39)69-25-14-18-47(69)44-32-40(60)19-20-43(44)56(76)68(7)36-46(52)67-71/h10-12,15-16,19-20,31-32,34,37,41,45,47-48,53,62-63H,9,13-14,17-18,21-30,33,35-36H2,1-8H3,(H2,61,64)(H,65,74)(H,66,75)/t37-,41-,45+,47-,48-,53+/m1/s1. The van der Waals surface area contributed by atoms with Crippen LogP contribution in [0, 0.1) is 11.2 Å². The number of pyridine rings is 1. The number of aromatic nitrogens is 3. The van der Waals surface area contributed by atoms with Crippen LogP contribution in [-0.4, -0.2) is 151 Å². The number of nitrogens with one attached hydrogen (secondary N) is 4. The van der Waals surface area contributed by atoms with Crippen LogP contribution in [0.1, 0.15) is 132 Å². The SMILES string of the molecule is CC[C@H](NCCC(=O)[C@H]1C[C@@H](NC(=O)CCOCCOCCC(=O)CCCn2nc3c(c2OC)-c2cnc(N)c(c2)N2CCC[C@@H]2c2cc(F)ccc2C(=O)N(C)C3)CN1C(=O)[C@H](NC(=O)[C@@H](C)NC)C(C)(C)C)c1ccccc1. The summed E-state index contributed by atoms with van der Waals surface area (Å²) in [6, 6.07) is 13.3. The minimum absolute atomic E-state index is 0.00331. The van der Waals surface area contributed by atoms with Crippen LogP contribution >= 0.6 is 0 Å². The van der Waals surface area contributed by atoms with E-state index in [1.54, 1.807) is 50.0 Å². The van der Waals surface area contributed by atoms with Gasteiger partial charge in [-0.15, -0.1) is 0 Å². The molecule has 0 aliphatic carbocycles. The highest BCUT2D eigenvalue weighted by molar-refractivity contribution is 5.97. The van der Waals surface area contributed by atoms with Gasteiger partial charge in [-0.1, -0.05) is 58.0 Å². The average molecular weight is 1110 g/mol. The Hall–Kier alpha value is -6.81. The lowest BCUT2D eigenvalue weighted by Crippen LogP contribution is -2.59. The third-order valence-corrected chi connectivity index (χ3v) is 15.4. The van der Waals surface area contributed by atoms with Crippen molar-refractivity contribution in [3.63, 3.8) is 0 Å². The number of aryl methyl sites for hydroxylation is 1. The minimum Gasteiger partial charge on any atom is -0.481 e. The summed E-state index contributed by atoms with van der Waals surface area (Å²) in [6.45, 7) is 11.7. The van der Waals surface area contributed by atoms with Gasteiger partial charge < -0.3 is 55.9 Å². The Morgan fingerprint density at radius 2 is 1.70 bits per heavy atom. The van der Waals surface area contributed by atoms with Gasteiger partial charge in [-0.2, -0.15) is 5.10 Å². The molecule has 2 aromatic carbocycles. The molecular formula is C59H82FN11O9. The number of Topliss-reactive ketones (excluding diaryl/α,β-unsaturated/α-hetero) is 2. The largest absolute Gasteiger partial charge is 0.481 e. The van der Waals surface area contributed by atoms with E-state index in [-0.39, 0.29) is 119 Å². The Morgan fingerprint density at radius 3 is 2.40 bits per heavy atom. The van der Waals surface area contributed by atoms with Gasteiger partial charge in [0.05, 0.1) is 75.2 Å². The number of hydrogen-bond acceptors (Lipinski definition) is 15. The number of carbonyl (C=O) groups excluding carboxylic acids is 6. The van der Waals surface area contributed by atoms with Crippen molar-refractivity contribution in [2.45, 2.75) is 142 Å². The second-order valence-electron chi connectivity index (χ2n) is 22.2. The highest BCUT2D eigenvalue weighted by Gasteiger charge is 2.45. The van der Waals surface area contributed by atoms with E-state index in [2.05, 4.69) is 38.1 Å². The fourth-order valence-corrected chi connectivity index (χ4v) is 10.9. The van der Waals surface area contributed by atoms with Gasteiger partial charge in [0.2, 0.25) is 23.6 Å². The zero-order chi connectivity index (χ0) is 57.7. The van der Waals surface area contributed by atoms with Crippen molar-refractivity contribution in [1.82, 2.24) is 45.8 Å². The van der Waals surface area contributed by atoms with E-state index >= 15 is 0 Å². The minimum atomic E-state index is -0.920. The molecule has 6 atom stereocenters. The topological polar surface area (TPSA) is 245 Å². The third-order valence-electron chi connectivity index (χ3n) is 15.4. The van der Waals surface area contributed by atoms with Crippen LogP contribution in [0.2, 0.25) is 0 Å². The summed E-state index contributed by atoms with van der Waals surface area (Å²) in [6.07, 6.45) is 5.38. The van der Waals surface area contributed by atoms with Gasteiger partial charge >= 0.3 is 0 Å². The molecule has 2 fully saturated rings. The first-order chi connectivity index (χ1) is 38.3. The number of nitrogens with two attached hydrogens (primary N) is 1. The quantitative estimate of drug-likeness (QED) is 0.0475. The highest BCUT2D eigenvalue weighted by Crippen LogP contribution is 2.44. The Bertz CT molecular complexity index is 2810. The number of ether oxygens (including phenoxy) is 3. The second kappa shape index (κ2) is 28.1. The molecule has 7 rings (SSSR count). The van der Waals surface area contributed by atoms with Crippen molar-refractivity contribution in [3.05, 3.63) is 89.0 Å². The summed E-state index contributed by atoms with van der Waals surface area (Å²) in [4.78, 5) is 91.5. The summed E-state index contributed by atoms with van der Waals surface area (Å²) in [5.74, 6) is -1.05. The van der Waals surface area contributed by atoms with Crippen LogP contribution in [-0.2, 0) is 46.5 Å². The maximum atomic E-state index is 14.8. The van der Waals surface area contributed by atoms with E-state index in [0.717, 1.165) is 18.4 Å². The fourth-order valence-electron chi connectivity index (χ4n) is 10.9. The highest BCUT2D eigenvalue weighted by atomic mass is 19.1. The van der Waals surface area contributed by atoms with Gasteiger partial charge in [0.1, 0.15) is 23.5 Å². The van der Waals surface area contributed by atoms with Crippen LogP contribution in [0.5, 0.6) is 5.88 Å². The van der Waals surface area contributed by atoms with E-state index in [1.165, 1.54) is 17.0 Å². The number of ketones is 2. The summed E-state index contributed by atoms with van der Waals surface area (Å²) >= 11 is 0. The van der Waals surface area contributed by atoms with E-state index < -0.39 is 35.4 Å². The number of nitrogen functional groups attached to an aromatic ring is 1. The molecular weight excluding hydrogens is 1030 g/mol. The number of carbonyl (C=O) groups is 6. The van der Waals surface area contributed by atoms with Crippen LogP contribution in [0.4, 0.5) is 15.9 Å². The van der Waals surface area contributed by atoms with Crippen molar-refractivity contribution in [3.8, 4) is 17.0 Å². The molecule has 3 aliphatic heterocycles. The van der Waals surface area contributed by atoms with Crippen LogP contribution in [0.15, 0.2) is 60.8 Å². The van der Waals surface area contributed by atoms with Crippen LogP contribution in [0.25, 0.3) is 11.1 Å².